The molecule has 2 amide bonds. The lowest BCUT2D eigenvalue weighted by molar-refractivity contribution is -0.0618. The molecule has 1 aromatic heterocycles. The third kappa shape index (κ3) is 3.68. The summed E-state index contributed by atoms with van der Waals surface area (Å²) in [6.45, 7) is 3.47. The largest absolute Gasteiger partial charge is 0.485 e. The van der Waals surface area contributed by atoms with E-state index >= 15 is 0 Å². The van der Waals surface area contributed by atoms with Crippen LogP contribution in [0.5, 0.6) is 5.75 Å². The zero-order valence-electron chi connectivity index (χ0n) is 16.3. The first-order valence-corrected chi connectivity index (χ1v) is 9.23. The average molecular weight is 405 g/mol. The van der Waals surface area contributed by atoms with Crippen molar-refractivity contribution in [2.75, 3.05) is 5.32 Å². The van der Waals surface area contributed by atoms with Gasteiger partial charge in [0.2, 0.25) is 0 Å². The summed E-state index contributed by atoms with van der Waals surface area (Å²) in [6, 6.07) is 12.6. The minimum absolute atomic E-state index is 0.332. The summed E-state index contributed by atoms with van der Waals surface area (Å²) >= 11 is 0. The molecule has 3 N–H and O–H groups in total. The monoisotopic (exact) mass is 405 g/mol. The molecule has 2 unspecified atom stereocenters. The molecule has 152 valence electrons. The van der Waals surface area contributed by atoms with Gasteiger partial charge in [-0.2, -0.15) is 10.2 Å². The third-order valence-corrected chi connectivity index (χ3v) is 4.89. The third-order valence-electron chi connectivity index (χ3n) is 4.89. The van der Waals surface area contributed by atoms with E-state index in [-0.39, 0.29) is 0 Å². The maximum atomic E-state index is 12.7. The Morgan fingerprint density at radius 3 is 2.83 bits per heavy atom. The van der Waals surface area contributed by atoms with Gasteiger partial charge < -0.3 is 25.0 Å². The number of carbonyl (C=O) groups is 1. The van der Waals surface area contributed by atoms with E-state index in [1.54, 1.807) is 56.3 Å². The lowest BCUT2D eigenvalue weighted by Crippen LogP contribution is -2.54. The van der Waals surface area contributed by atoms with Crippen molar-refractivity contribution in [2.45, 2.75) is 31.6 Å². The second-order valence-corrected chi connectivity index (χ2v) is 7.42. The van der Waals surface area contributed by atoms with Crippen molar-refractivity contribution in [2.24, 2.45) is 0 Å². The summed E-state index contributed by atoms with van der Waals surface area (Å²) in [7, 11) is 0. The number of nitriles is 1. The maximum absolute atomic E-state index is 12.7. The number of urea groups is 1. The topological polar surface area (TPSA) is 133 Å². The predicted octanol–water partition coefficient (Wildman–Crippen LogP) is 3.00. The van der Waals surface area contributed by atoms with Crippen LogP contribution in [-0.2, 0) is 0 Å². The Bertz CT molecular complexity index is 1120. The van der Waals surface area contributed by atoms with Crippen LogP contribution in [0.3, 0.4) is 0 Å². The zero-order valence-corrected chi connectivity index (χ0v) is 16.3. The molecule has 3 aromatic rings. The van der Waals surface area contributed by atoms with Gasteiger partial charge in [-0.3, -0.25) is 0 Å². The predicted molar refractivity (Wildman–Crippen MR) is 107 cm³/mol. The molecule has 9 heteroatoms. The smallest absolute Gasteiger partial charge is 0.319 e. The highest BCUT2D eigenvalue weighted by Gasteiger charge is 2.43. The van der Waals surface area contributed by atoms with E-state index < -0.39 is 23.8 Å². The number of nitrogens with one attached hydrogen (secondary N) is 2. The Morgan fingerprint density at radius 2 is 2.10 bits per heavy atom. The number of carbonyl (C=O) groups excluding carboxylic acids is 1. The fourth-order valence-corrected chi connectivity index (χ4v) is 3.36. The molecule has 0 saturated carbocycles. The van der Waals surface area contributed by atoms with E-state index in [0.717, 1.165) is 0 Å². The highest BCUT2D eigenvalue weighted by molar-refractivity contribution is 5.90. The van der Waals surface area contributed by atoms with Crippen LogP contribution in [0.15, 0.2) is 53.3 Å². The van der Waals surface area contributed by atoms with Gasteiger partial charge >= 0.3 is 6.03 Å². The molecule has 4 rings (SSSR count). The molecule has 1 aliphatic rings. The van der Waals surface area contributed by atoms with Crippen LogP contribution in [0.1, 0.15) is 31.0 Å². The average Bonchev–Trinajstić information content (AvgIpc) is 3.26. The number of nitrogens with zero attached hydrogens (tertiary/aromatic N) is 3. The van der Waals surface area contributed by atoms with Crippen molar-refractivity contribution in [3.05, 3.63) is 59.9 Å². The zero-order chi connectivity index (χ0) is 21.3. The molecule has 0 aliphatic carbocycles. The highest BCUT2D eigenvalue weighted by atomic mass is 16.5. The number of amides is 2. The Morgan fingerprint density at radius 1 is 1.27 bits per heavy atom. The molecular weight excluding hydrogens is 386 g/mol. The lowest BCUT2D eigenvalue weighted by atomic mass is 9.86. The van der Waals surface area contributed by atoms with Crippen molar-refractivity contribution in [3.63, 3.8) is 0 Å². The van der Waals surface area contributed by atoms with Crippen LogP contribution in [-0.4, -0.2) is 33.0 Å². The second-order valence-electron chi connectivity index (χ2n) is 7.42. The van der Waals surface area contributed by atoms with Crippen molar-refractivity contribution >= 4 is 11.7 Å². The number of aliphatic hydroxyl groups excluding tert-OH is 1. The van der Waals surface area contributed by atoms with Gasteiger partial charge in [0.1, 0.15) is 17.5 Å². The summed E-state index contributed by atoms with van der Waals surface area (Å²) < 4.78 is 10.9. The van der Waals surface area contributed by atoms with Crippen LogP contribution in [0.4, 0.5) is 10.5 Å². The SMILES string of the molecule is CC1(C)Oc2ccc(C#N)cc2C(NC(=O)Nc2cccc(-c3ncno3)c2)C1O. The minimum Gasteiger partial charge on any atom is -0.485 e. The Hall–Kier alpha value is -3.90. The number of aliphatic hydroxyl groups is 1. The van der Waals surface area contributed by atoms with Crippen LogP contribution in [0.2, 0.25) is 0 Å². The van der Waals surface area contributed by atoms with Gasteiger partial charge in [0, 0.05) is 16.8 Å². The molecule has 2 atom stereocenters. The minimum atomic E-state index is -1.03. The van der Waals surface area contributed by atoms with Gasteiger partial charge in [-0.1, -0.05) is 11.2 Å². The van der Waals surface area contributed by atoms with Gasteiger partial charge in [-0.25, -0.2) is 4.79 Å². The molecule has 30 heavy (non-hydrogen) atoms. The summed E-state index contributed by atoms with van der Waals surface area (Å²) in [5.41, 5.74) is 1.17. The summed E-state index contributed by atoms with van der Waals surface area (Å²) in [4.78, 5) is 16.7. The number of hydrogen-bond acceptors (Lipinski definition) is 7. The second kappa shape index (κ2) is 7.50. The van der Waals surface area contributed by atoms with E-state index in [0.29, 0.717) is 34.0 Å². The highest BCUT2D eigenvalue weighted by Crippen LogP contribution is 2.40. The lowest BCUT2D eigenvalue weighted by Gasteiger charge is -2.42. The molecule has 9 nitrogen and oxygen atoms in total. The molecular formula is C21H19N5O4. The van der Waals surface area contributed by atoms with Gasteiger partial charge in [0.05, 0.1) is 17.7 Å². The van der Waals surface area contributed by atoms with Gasteiger partial charge in [-0.15, -0.1) is 0 Å². The van der Waals surface area contributed by atoms with E-state index in [1.807, 2.05) is 0 Å². The Labute approximate surface area is 172 Å². The first kappa shape index (κ1) is 19.4. The molecule has 0 bridgehead atoms. The van der Waals surface area contributed by atoms with Crippen LogP contribution >= 0.6 is 0 Å². The molecule has 0 radical (unpaired) electrons. The van der Waals surface area contributed by atoms with Crippen molar-refractivity contribution in [1.29, 1.82) is 5.26 Å². The normalized spacial score (nSPS) is 19.1. The van der Waals surface area contributed by atoms with Crippen molar-refractivity contribution in [3.8, 4) is 23.3 Å². The molecule has 2 heterocycles. The Kier molecular flexibility index (Phi) is 4.85. The number of fused-ring (bicyclic) bond motifs is 1. The number of hydrogen-bond donors (Lipinski definition) is 3. The number of benzene rings is 2. The van der Waals surface area contributed by atoms with Crippen LogP contribution in [0, 0.1) is 11.3 Å². The summed E-state index contributed by atoms with van der Waals surface area (Å²) in [6.07, 6.45) is 0.262. The van der Waals surface area contributed by atoms with Crippen LogP contribution < -0.4 is 15.4 Å². The van der Waals surface area contributed by atoms with Crippen molar-refractivity contribution < 1.29 is 19.2 Å². The standard InChI is InChI=1S/C21H19N5O4/c1-21(2)18(27)17(15-8-12(10-22)6-7-16(15)29-21)26-20(28)25-14-5-3-4-13(9-14)19-23-11-24-30-19/h3-9,11,17-18,27H,1-2H3,(H2,25,26,28). The summed E-state index contributed by atoms with van der Waals surface area (Å²) in [5.74, 6) is 0.839. The molecule has 0 fully saturated rings. The van der Waals surface area contributed by atoms with E-state index in [4.69, 9.17) is 9.26 Å². The quantitative estimate of drug-likeness (QED) is 0.610. The van der Waals surface area contributed by atoms with E-state index in [2.05, 4.69) is 26.8 Å². The molecule has 0 spiro atoms. The fourth-order valence-electron chi connectivity index (χ4n) is 3.36. The first-order chi connectivity index (χ1) is 14.4. The molecule has 1 aliphatic heterocycles. The van der Waals surface area contributed by atoms with Gasteiger partial charge in [-0.05, 0) is 50.2 Å². The number of rotatable bonds is 3. The van der Waals surface area contributed by atoms with E-state index in [9.17, 15) is 15.2 Å². The maximum Gasteiger partial charge on any atom is 0.319 e. The molecule has 0 saturated heterocycles. The van der Waals surface area contributed by atoms with Crippen molar-refractivity contribution in [1.82, 2.24) is 15.5 Å². The summed E-state index contributed by atoms with van der Waals surface area (Å²) in [5, 5.41) is 29.1. The number of anilines is 1. The number of ether oxygens (including phenoxy) is 1. The fraction of sp³-hybridized carbons (Fsp3) is 0.238. The van der Waals surface area contributed by atoms with E-state index in [1.165, 1.54) is 6.33 Å². The first-order valence-electron chi connectivity index (χ1n) is 9.23. The molecule has 2 aromatic carbocycles. The number of aromatic nitrogens is 2. The Balaban J connectivity index is 1.57. The van der Waals surface area contributed by atoms with Gasteiger partial charge in [0.15, 0.2) is 6.33 Å². The van der Waals surface area contributed by atoms with Crippen LogP contribution in [0.25, 0.3) is 11.5 Å². The van der Waals surface area contributed by atoms with Gasteiger partial charge in [0.25, 0.3) is 5.89 Å².